The van der Waals surface area contributed by atoms with Crippen LogP contribution in [0.25, 0.3) is 0 Å². The maximum absolute atomic E-state index is 12.5. The first-order valence-corrected chi connectivity index (χ1v) is 7.66. The number of hydrogen-bond acceptors (Lipinski definition) is 3. The maximum atomic E-state index is 12.5. The summed E-state index contributed by atoms with van der Waals surface area (Å²) < 4.78 is 0. The van der Waals surface area contributed by atoms with Gasteiger partial charge < -0.3 is 14.9 Å². The van der Waals surface area contributed by atoms with Crippen molar-refractivity contribution in [1.29, 1.82) is 0 Å². The monoisotopic (exact) mass is 268 g/mol. The quantitative estimate of drug-likeness (QED) is 0.843. The zero-order chi connectivity index (χ0) is 13.9. The lowest BCUT2D eigenvalue weighted by Crippen LogP contribution is -2.51. The third-order valence-corrected chi connectivity index (χ3v) is 5.18. The van der Waals surface area contributed by atoms with Crippen LogP contribution in [0.2, 0.25) is 0 Å². The van der Waals surface area contributed by atoms with Gasteiger partial charge in [0.05, 0.1) is 6.61 Å². The number of likely N-dealkylation sites (tertiary alicyclic amines) is 1. The van der Waals surface area contributed by atoms with E-state index in [1.165, 1.54) is 6.42 Å². The van der Waals surface area contributed by atoms with Gasteiger partial charge in [0, 0.05) is 24.5 Å². The Hall–Kier alpha value is -0.610. The molecule has 1 aliphatic carbocycles. The highest BCUT2D eigenvalue weighted by molar-refractivity contribution is 5.79. The molecule has 1 saturated heterocycles. The van der Waals surface area contributed by atoms with Crippen molar-refractivity contribution in [2.45, 2.75) is 50.5 Å². The highest BCUT2D eigenvalue weighted by atomic mass is 16.3. The second-order valence-corrected chi connectivity index (χ2v) is 6.44. The molecule has 0 aromatic heterocycles. The summed E-state index contributed by atoms with van der Waals surface area (Å²) in [6.07, 6.45) is 7.31. The van der Waals surface area contributed by atoms with Crippen molar-refractivity contribution in [3.63, 3.8) is 0 Å². The normalized spacial score (nSPS) is 32.6. The summed E-state index contributed by atoms with van der Waals surface area (Å²) in [5, 5.41) is 9.65. The SMILES string of the molecule is CN(C)C1(CO)CCC(C(=O)N2CCCCC2)CC1. The summed E-state index contributed by atoms with van der Waals surface area (Å²) >= 11 is 0. The zero-order valence-electron chi connectivity index (χ0n) is 12.4. The summed E-state index contributed by atoms with van der Waals surface area (Å²) in [5.41, 5.74) is -0.0985. The van der Waals surface area contributed by atoms with Crippen molar-refractivity contribution in [3.8, 4) is 0 Å². The highest BCUT2D eigenvalue weighted by Gasteiger charge is 2.39. The molecule has 0 aromatic rings. The van der Waals surface area contributed by atoms with Crippen LogP contribution in [0.15, 0.2) is 0 Å². The molecule has 0 radical (unpaired) electrons. The van der Waals surface area contributed by atoms with E-state index >= 15 is 0 Å². The van der Waals surface area contributed by atoms with Gasteiger partial charge in [-0.25, -0.2) is 0 Å². The summed E-state index contributed by atoms with van der Waals surface area (Å²) in [7, 11) is 4.06. The van der Waals surface area contributed by atoms with Crippen molar-refractivity contribution < 1.29 is 9.90 Å². The molecule has 0 spiro atoms. The van der Waals surface area contributed by atoms with E-state index in [0.29, 0.717) is 5.91 Å². The van der Waals surface area contributed by atoms with Gasteiger partial charge in [-0.05, 0) is 59.0 Å². The smallest absolute Gasteiger partial charge is 0.225 e. The van der Waals surface area contributed by atoms with Gasteiger partial charge in [0.15, 0.2) is 0 Å². The summed E-state index contributed by atoms with van der Waals surface area (Å²) in [6.45, 7) is 2.10. The standard InChI is InChI=1S/C15H28N2O2/c1-16(2)15(12-18)8-6-13(7-9-15)14(19)17-10-4-3-5-11-17/h13,18H,3-12H2,1-2H3. The fraction of sp³-hybridized carbons (Fsp3) is 0.933. The number of piperidine rings is 1. The van der Waals surface area contributed by atoms with Gasteiger partial charge in [0.1, 0.15) is 0 Å². The van der Waals surface area contributed by atoms with Gasteiger partial charge in [-0.3, -0.25) is 4.79 Å². The van der Waals surface area contributed by atoms with Crippen LogP contribution in [-0.2, 0) is 4.79 Å². The Labute approximate surface area is 116 Å². The van der Waals surface area contributed by atoms with Crippen molar-refractivity contribution in [3.05, 3.63) is 0 Å². The van der Waals surface area contributed by atoms with Gasteiger partial charge in [0.25, 0.3) is 0 Å². The molecule has 1 amide bonds. The van der Waals surface area contributed by atoms with E-state index in [1.807, 2.05) is 14.1 Å². The molecule has 1 saturated carbocycles. The zero-order valence-corrected chi connectivity index (χ0v) is 12.4. The van der Waals surface area contributed by atoms with Gasteiger partial charge in [-0.2, -0.15) is 0 Å². The molecule has 2 aliphatic rings. The summed E-state index contributed by atoms with van der Waals surface area (Å²) in [4.78, 5) is 16.7. The molecule has 0 atom stereocenters. The number of nitrogens with zero attached hydrogens (tertiary/aromatic N) is 2. The average Bonchev–Trinajstić information content (AvgIpc) is 2.47. The molecular weight excluding hydrogens is 240 g/mol. The fourth-order valence-corrected chi connectivity index (χ4v) is 3.52. The minimum atomic E-state index is -0.0985. The topological polar surface area (TPSA) is 43.8 Å². The fourth-order valence-electron chi connectivity index (χ4n) is 3.52. The number of aliphatic hydroxyl groups excluding tert-OH is 1. The Kier molecular flexibility index (Phi) is 4.85. The Morgan fingerprint density at radius 3 is 2.26 bits per heavy atom. The van der Waals surface area contributed by atoms with E-state index in [2.05, 4.69) is 9.80 Å². The molecule has 2 fully saturated rings. The maximum Gasteiger partial charge on any atom is 0.225 e. The van der Waals surface area contributed by atoms with Gasteiger partial charge in [-0.1, -0.05) is 0 Å². The molecule has 110 valence electrons. The lowest BCUT2D eigenvalue weighted by molar-refractivity contribution is -0.138. The molecule has 0 aromatic carbocycles. The van der Waals surface area contributed by atoms with E-state index in [-0.39, 0.29) is 18.1 Å². The molecule has 1 N–H and O–H groups in total. The van der Waals surface area contributed by atoms with Crippen LogP contribution >= 0.6 is 0 Å². The Morgan fingerprint density at radius 1 is 1.21 bits per heavy atom. The molecule has 0 unspecified atom stereocenters. The largest absolute Gasteiger partial charge is 0.394 e. The number of amides is 1. The molecule has 0 bridgehead atoms. The predicted octanol–water partition coefficient (Wildman–Crippen LogP) is 1.48. The Morgan fingerprint density at radius 2 is 1.79 bits per heavy atom. The lowest BCUT2D eigenvalue weighted by atomic mass is 9.75. The second kappa shape index (κ2) is 6.23. The second-order valence-electron chi connectivity index (χ2n) is 6.44. The number of carbonyl (C=O) groups is 1. The van der Waals surface area contributed by atoms with Crippen LogP contribution in [0.3, 0.4) is 0 Å². The first-order chi connectivity index (χ1) is 9.09. The highest BCUT2D eigenvalue weighted by Crippen LogP contribution is 2.36. The molecule has 4 heteroatoms. The van der Waals surface area contributed by atoms with Crippen LogP contribution in [0.5, 0.6) is 0 Å². The van der Waals surface area contributed by atoms with Crippen LogP contribution in [0, 0.1) is 5.92 Å². The number of rotatable bonds is 3. The van der Waals surface area contributed by atoms with Crippen molar-refractivity contribution in [2.75, 3.05) is 33.8 Å². The number of carbonyl (C=O) groups excluding carboxylic acids is 1. The van der Waals surface area contributed by atoms with Gasteiger partial charge in [-0.15, -0.1) is 0 Å². The van der Waals surface area contributed by atoms with E-state index in [1.54, 1.807) is 0 Å². The molecular formula is C15H28N2O2. The van der Waals surface area contributed by atoms with Crippen molar-refractivity contribution in [1.82, 2.24) is 9.80 Å². The number of likely N-dealkylation sites (N-methyl/N-ethyl adjacent to an activating group) is 1. The average molecular weight is 268 g/mol. The minimum absolute atomic E-state index is 0.0985. The van der Waals surface area contributed by atoms with Crippen LogP contribution in [0.4, 0.5) is 0 Å². The minimum Gasteiger partial charge on any atom is -0.394 e. The first-order valence-electron chi connectivity index (χ1n) is 7.66. The molecule has 19 heavy (non-hydrogen) atoms. The molecule has 2 rings (SSSR count). The van der Waals surface area contributed by atoms with Crippen LogP contribution < -0.4 is 0 Å². The van der Waals surface area contributed by atoms with E-state index in [0.717, 1.165) is 51.6 Å². The van der Waals surface area contributed by atoms with Crippen LogP contribution in [0.1, 0.15) is 44.9 Å². The van der Waals surface area contributed by atoms with Crippen molar-refractivity contribution in [2.24, 2.45) is 5.92 Å². The molecule has 1 aliphatic heterocycles. The first kappa shape index (κ1) is 14.8. The van der Waals surface area contributed by atoms with E-state index in [4.69, 9.17) is 0 Å². The van der Waals surface area contributed by atoms with E-state index < -0.39 is 0 Å². The van der Waals surface area contributed by atoms with E-state index in [9.17, 15) is 9.90 Å². The number of hydrogen-bond donors (Lipinski definition) is 1. The number of aliphatic hydroxyl groups is 1. The predicted molar refractivity (Wildman–Crippen MR) is 75.9 cm³/mol. The third kappa shape index (κ3) is 3.11. The molecule has 4 nitrogen and oxygen atoms in total. The summed E-state index contributed by atoms with van der Waals surface area (Å²) in [6, 6.07) is 0. The Bertz CT molecular complexity index is 303. The van der Waals surface area contributed by atoms with Gasteiger partial charge >= 0.3 is 0 Å². The van der Waals surface area contributed by atoms with Gasteiger partial charge in [0.2, 0.25) is 5.91 Å². The van der Waals surface area contributed by atoms with Crippen molar-refractivity contribution >= 4 is 5.91 Å². The van der Waals surface area contributed by atoms with Crippen LogP contribution in [-0.4, -0.2) is 60.1 Å². The Balaban J connectivity index is 1.90. The molecule has 1 heterocycles. The summed E-state index contributed by atoms with van der Waals surface area (Å²) in [5.74, 6) is 0.558. The third-order valence-electron chi connectivity index (χ3n) is 5.18. The lowest BCUT2D eigenvalue weighted by Gasteiger charge is -2.44.